The molecular weight excluding hydrogens is 1590 g/mol. The third kappa shape index (κ3) is 33.7. The van der Waals surface area contributed by atoms with E-state index < -0.39 is 31.6 Å². The van der Waals surface area contributed by atoms with Gasteiger partial charge in [-0.25, -0.2) is 0 Å². The van der Waals surface area contributed by atoms with E-state index in [1.807, 2.05) is 74.5 Å². The fourth-order valence-corrected chi connectivity index (χ4v) is 9.34. The van der Waals surface area contributed by atoms with E-state index in [9.17, 15) is 64.7 Å². The van der Waals surface area contributed by atoms with Crippen molar-refractivity contribution >= 4 is 91.6 Å². The van der Waals surface area contributed by atoms with Crippen LogP contribution < -0.4 is 41.7 Å². The first-order chi connectivity index (χ1) is 52.4. The van der Waals surface area contributed by atoms with Crippen LogP contribution in [0.5, 0.6) is 28.7 Å². The normalized spacial score (nSPS) is 9.85. The second-order valence-electron chi connectivity index (χ2n) is 24.1. The van der Waals surface area contributed by atoms with Crippen LogP contribution in [0.1, 0.15) is 179 Å². The number of aromatic hydroxyl groups is 1. The van der Waals surface area contributed by atoms with Gasteiger partial charge in [-0.05, 0) is 113 Å². The SMILES string of the molecule is C.C#CCBr.C#CCOc1ccc(N)c(C(=O)c2ccc(C(C)C)cc2)c1.C#CCOc1ccc([N+](=O)[O-])c(C(=O)c2ccc(C(C)C)cc2)c1.C#CCOc1ccc([N+](=O)[O-])c(C(O)c2ccc(C(C)C)cc2)c1.C#CCOc1ccc([N+](=O)[O-])c(C=O)c1.CC(C)c1cc[c-]cc1.O=Cc1cc(O)ccc1[N+](=O)[O-].[Br-].[Mg+2]. The zero-order chi connectivity index (χ0) is 82.0. The number of hydrogen-bond acceptors (Lipinski definition) is 19. The fraction of sp³-hybridized carbons (Fsp3) is 0.218. The molecule has 0 heterocycles. The van der Waals surface area contributed by atoms with Gasteiger partial charge in [-0.15, -0.1) is 32.1 Å². The minimum absolute atomic E-state index is 0. The van der Waals surface area contributed by atoms with Gasteiger partial charge in [0.2, 0.25) is 0 Å². The maximum absolute atomic E-state index is 12.7. The molecule has 113 heavy (non-hydrogen) atoms. The number of ketones is 2. The molecule has 0 amide bonds. The van der Waals surface area contributed by atoms with E-state index in [4.69, 9.17) is 61.9 Å². The molecular formula is C87H85Br2MgN5O18. The van der Waals surface area contributed by atoms with E-state index in [-0.39, 0.29) is 130 Å². The summed E-state index contributed by atoms with van der Waals surface area (Å²) in [4.78, 5) is 86.9. The van der Waals surface area contributed by atoms with Gasteiger partial charge in [0.05, 0.1) is 41.7 Å². The van der Waals surface area contributed by atoms with Crippen molar-refractivity contribution in [3.8, 4) is 90.5 Å². The molecule has 1 atom stereocenters. The number of ether oxygens (including phenoxy) is 4. The molecule has 9 aromatic carbocycles. The third-order valence-electron chi connectivity index (χ3n) is 15.2. The van der Waals surface area contributed by atoms with E-state index in [1.54, 1.807) is 42.5 Å². The number of nitrogens with zero attached hydrogens (tertiary/aromatic N) is 4. The fourth-order valence-electron chi connectivity index (χ4n) is 9.34. The Bertz CT molecular complexity index is 4830. The zero-order valence-electron chi connectivity index (χ0n) is 62.6. The summed E-state index contributed by atoms with van der Waals surface area (Å²) in [6.45, 7) is 17.1. The Hall–Kier alpha value is -12.5. The number of alkyl halides is 1. The van der Waals surface area contributed by atoms with Gasteiger partial charge in [0.1, 0.15) is 66.8 Å². The Morgan fingerprint density at radius 2 is 0.770 bits per heavy atom. The monoisotopic (exact) mass is 1670 g/mol. The molecule has 0 aromatic heterocycles. The molecule has 0 aliphatic heterocycles. The van der Waals surface area contributed by atoms with E-state index in [0.29, 0.717) is 92.5 Å². The summed E-state index contributed by atoms with van der Waals surface area (Å²) in [7, 11) is 0. The van der Waals surface area contributed by atoms with Gasteiger partial charge in [-0.2, -0.15) is 35.9 Å². The number of anilines is 1. The summed E-state index contributed by atoms with van der Waals surface area (Å²) in [6.07, 6.45) is 24.8. The summed E-state index contributed by atoms with van der Waals surface area (Å²) >= 11 is 3.01. The maximum Gasteiger partial charge on any atom is 2.00 e. The zero-order valence-corrected chi connectivity index (χ0v) is 67.2. The van der Waals surface area contributed by atoms with Crippen LogP contribution in [-0.2, 0) is 0 Å². The molecule has 0 fully saturated rings. The summed E-state index contributed by atoms with van der Waals surface area (Å²) < 4.78 is 20.9. The topological polar surface area (TPSA) is 344 Å². The Balaban J connectivity index is 0.00000134. The molecule has 0 saturated heterocycles. The molecule has 0 aliphatic rings. The van der Waals surface area contributed by atoms with E-state index >= 15 is 0 Å². The average Bonchev–Trinajstić information content (AvgIpc) is 0.826. The first-order valence-corrected chi connectivity index (χ1v) is 34.5. The Morgan fingerprint density at radius 1 is 0.460 bits per heavy atom. The van der Waals surface area contributed by atoms with Gasteiger partial charge in [0.25, 0.3) is 22.7 Å². The molecule has 26 heteroatoms. The van der Waals surface area contributed by atoms with E-state index in [0.717, 1.165) is 29.3 Å². The molecule has 0 radical (unpaired) electrons. The minimum Gasteiger partial charge on any atom is -1.00 e. The number of aldehydes is 2. The Labute approximate surface area is 693 Å². The van der Waals surface area contributed by atoms with E-state index in [1.165, 1.54) is 65.7 Å². The number of carbonyl (C=O) groups is 4. The predicted octanol–water partition coefficient (Wildman–Crippen LogP) is 14.8. The summed E-state index contributed by atoms with van der Waals surface area (Å²) in [5.41, 5.74) is 12.1. The number of nitro benzene ring substituents is 4. The molecule has 9 aromatic rings. The molecule has 582 valence electrons. The van der Waals surface area contributed by atoms with Crippen molar-refractivity contribution in [2.75, 3.05) is 37.5 Å². The number of aliphatic hydroxyl groups is 1. The number of phenolic OH excluding ortho intramolecular Hbond substituents is 1. The van der Waals surface area contributed by atoms with Crippen molar-refractivity contribution in [1.29, 1.82) is 0 Å². The van der Waals surface area contributed by atoms with Crippen molar-refractivity contribution in [2.24, 2.45) is 0 Å². The van der Waals surface area contributed by atoms with Gasteiger partial charge in [-0.3, -0.25) is 59.6 Å². The van der Waals surface area contributed by atoms with Crippen LogP contribution in [0.15, 0.2) is 188 Å². The Morgan fingerprint density at radius 3 is 1.13 bits per heavy atom. The number of aliphatic hydroxyl groups excluding tert-OH is 1. The summed E-state index contributed by atoms with van der Waals surface area (Å²) in [6, 6.07) is 53.5. The van der Waals surface area contributed by atoms with Gasteiger partial charge >= 0.3 is 23.1 Å². The molecule has 1 unspecified atom stereocenters. The van der Waals surface area contributed by atoms with Gasteiger partial charge in [0.15, 0.2) is 24.1 Å². The molecule has 0 spiro atoms. The van der Waals surface area contributed by atoms with Gasteiger partial charge in [0, 0.05) is 46.6 Å². The number of nitrogens with two attached hydrogens (primary N) is 1. The van der Waals surface area contributed by atoms with Crippen LogP contribution in [0.3, 0.4) is 0 Å². The van der Waals surface area contributed by atoms with Crippen molar-refractivity contribution in [3.05, 3.63) is 301 Å². The second kappa shape index (κ2) is 53.4. The standard InChI is InChI=1S/C19H19NO4.C19H17NO4.C19H19NO2.C10H7NO4.C9H11.C7H5NO4.C3H3Br.CH4.BrH.Mg/c2*1-4-11-24-16-9-10-18(20(22)23)17(12-16)19(21)15-7-5-14(6-8-15)13(2)3;1-4-11-22-16-9-10-18(20)17(12-16)19(21)15-7-5-14(6-8-15)13(2)3;1-2-5-15-9-3-4-10(11(13)14)8(6-9)7-12;1-8(2)9-6-4-3-5-7-9;9-4-5-3-6(10)1-2-7(5)8(11)12;1-2-3-4;;;/h1,5-10,12-13,19,21H,11H2,2-3H3;1,5-10,12-13H,11H2,2-3H3;1,5-10,12-13H,11,20H2,2-3H3;1,3-4,6-7H,5H2;4-8H,1-2H3;1-4,10H;1H,3H2;1H4;1H;/q;;;;-1;;;;;+2/p-1. The number of rotatable bonds is 24. The molecule has 0 bridgehead atoms. The van der Waals surface area contributed by atoms with Crippen LogP contribution >= 0.6 is 15.9 Å². The van der Waals surface area contributed by atoms with Crippen LogP contribution in [0.2, 0.25) is 0 Å². The molecule has 4 N–H and O–H groups in total. The van der Waals surface area contributed by atoms with Gasteiger partial charge < -0.3 is 51.9 Å². The van der Waals surface area contributed by atoms with Crippen molar-refractivity contribution in [3.63, 3.8) is 0 Å². The van der Waals surface area contributed by atoms with Gasteiger partial charge in [-0.1, -0.05) is 181 Å². The second-order valence-corrected chi connectivity index (χ2v) is 24.7. The average molecular weight is 1670 g/mol. The number of phenols is 1. The molecule has 23 nitrogen and oxygen atoms in total. The first kappa shape index (κ1) is 101. The number of carbonyl (C=O) groups excluding carboxylic acids is 4. The van der Waals surface area contributed by atoms with Crippen LogP contribution in [0, 0.1) is 108 Å². The number of terminal acetylenes is 5. The Kier molecular flexibility index (Phi) is 47.5. The summed E-state index contributed by atoms with van der Waals surface area (Å²) in [5.74, 6) is 14.2. The third-order valence-corrected chi connectivity index (χ3v) is 15.5. The van der Waals surface area contributed by atoms with Crippen LogP contribution in [0.25, 0.3) is 0 Å². The van der Waals surface area contributed by atoms with Crippen LogP contribution in [0.4, 0.5) is 28.4 Å². The minimum atomic E-state index is -1.12. The largest absolute Gasteiger partial charge is 2.00 e. The van der Waals surface area contributed by atoms with Crippen molar-refractivity contribution < 1.29 is 85.0 Å². The smallest absolute Gasteiger partial charge is 1.00 e. The number of hydrogen-bond donors (Lipinski definition) is 3. The first-order valence-electron chi connectivity index (χ1n) is 33.4. The van der Waals surface area contributed by atoms with Crippen molar-refractivity contribution in [1.82, 2.24) is 0 Å². The van der Waals surface area contributed by atoms with Crippen molar-refractivity contribution in [2.45, 2.75) is 92.6 Å². The number of halogens is 2. The number of nitrogen functional groups attached to an aromatic ring is 1. The molecule has 0 saturated carbocycles. The number of nitro groups is 4. The number of benzene rings is 9. The quantitative estimate of drug-likeness (QED) is 0.00582. The predicted molar refractivity (Wildman–Crippen MR) is 440 cm³/mol. The molecule has 9 rings (SSSR count). The van der Waals surface area contributed by atoms with Crippen LogP contribution in [-0.4, -0.2) is 109 Å². The van der Waals surface area contributed by atoms with E-state index in [2.05, 4.69) is 105 Å². The maximum atomic E-state index is 12.7. The molecule has 0 aliphatic carbocycles. The summed E-state index contributed by atoms with van der Waals surface area (Å²) in [5, 5.41) is 63.3.